The minimum Gasteiger partial charge on any atom is -0.356 e. The van der Waals surface area contributed by atoms with Gasteiger partial charge >= 0.3 is 6.18 Å². The van der Waals surface area contributed by atoms with Gasteiger partial charge in [0.1, 0.15) is 0 Å². The minimum absolute atomic E-state index is 0.0212. The lowest BCUT2D eigenvalue weighted by molar-refractivity contribution is -0.182. The number of halogens is 3. The largest absolute Gasteiger partial charge is 0.391 e. The molecule has 0 bridgehead atoms. The highest BCUT2D eigenvalue weighted by Crippen LogP contribution is 2.37. The first-order valence-corrected chi connectivity index (χ1v) is 9.76. The van der Waals surface area contributed by atoms with Gasteiger partial charge in [0.2, 0.25) is 0 Å². The Kier molecular flexibility index (Phi) is 5.80. The molecular formula is C14H24F3N3O2S. The molecule has 134 valence electrons. The molecule has 0 spiro atoms. The van der Waals surface area contributed by atoms with Gasteiger partial charge in [-0.15, -0.1) is 0 Å². The first kappa shape index (κ1) is 18.4. The lowest BCUT2D eigenvalue weighted by Crippen LogP contribution is -2.47. The molecule has 1 saturated carbocycles. The second-order valence-electron chi connectivity index (χ2n) is 6.46. The lowest BCUT2D eigenvalue weighted by Gasteiger charge is -2.31. The summed E-state index contributed by atoms with van der Waals surface area (Å²) in [5.41, 5.74) is 0. The topological polar surface area (TPSA) is 70.6 Å². The van der Waals surface area contributed by atoms with Gasteiger partial charge in [0.05, 0.1) is 17.4 Å². The normalized spacial score (nSPS) is 31.8. The molecule has 2 rings (SSSR count). The molecule has 0 aromatic carbocycles. The second kappa shape index (κ2) is 7.27. The number of aliphatic imine (C=N–C) groups is 1. The van der Waals surface area contributed by atoms with Crippen molar-refractivity contribution in [1.29, 1.82) is 0 Å². The molecule has 23 heavy (non-hydrogen) atoms. The Morgan fingerprint density at radius 3 is 2.30 bits per heavy atom. The van der Waals surface area contributed by atoms with Crippen molar-refractivity contribution in [3.05, 3.63) is 0 Å². The van der Waals surface area contributed by atoms with Crippen molar-refractivity contribution in [1.82, 2.24) is 10.6 Å². The standard InChI is InChI=1S/C14H24F3N3O2S/c1-18-13(19-8-10-6-7-23(21,22)9-10)20-12-4-2-11(3-5-12)14(15,16)17/h10-12H,2-9H2,1H3,(H2,18,19,20). The van der Waals surface area contributed by atoms with Crippen LogP contribution in [0.5, 0.6) is 0 Å². The van der Waals surface area contributed by atoms with E-state index in [9.17, 15) is 21.6 Å². The van der Waals surface area contributed by atoms with Crippen LogP contribution in [0.1, 0.15) is 32.1 Å². The Labute approximate surface area is 135 Å². The van der Waals surface area contributed by atoms with Gasteiger partial charge in [-0.25, -0.2) is 8.42 Å². The molecule has 2 fully saturated rings. The molecule has 1 unspecified atom stereocenters. The lowest BCUT2D eigenvalue weighted by atomic mass is 9.85. The molecule has 9 heteroatoms. The Balaban J connectivity index is 1.74. The average Bonchev–Trinajstić information content (AvgIpc) is 2.82. The van der Waals surface area contributed by atoms with E-state index in [0.717, 1.165) is 0 Å². The molecule has 1 saturated heterocycles. The van der Waals surface area contributed by atoms with Gasteiger partial charge in [0.25, 0.3) is 0 Å². The molecule has 2 N–H and O–H groups in total. The van der Waals surface area contributed by atoms with Gasteiger partial charge in [0.15, 0.2) is 15.8 Å². The Bertz CT molecular complexity index is 526. The highest BCUT2D eigenvalue weighted by Gasteiger charge is 2.41. The summed E-state index contributed by atoms with van der Waals surface area (Å²) in [7, 11) is -1.30. The fourth-order valence-electron chi connectivity index (χ4n) is 3.23. The van der Waals surface area contributed by atoms with E-state index in [1.807, 2.05) is 0 Å². The molecule has 0 radical (unpaired) electrons. The van der Waals surface area contributed by atoms with E-state index in [4.69, 9.17) is 0 Å². The van der Waals surface area contributed by atoms with Crippen LogP contribution in [0, 0.1) is 11.8 Å². The molecule has 0 aromatic heterocycles. The van der Waals surface area contributed by atoms with Gasteiger partial charge < -0.3 is 10.6 Å². The van der Waals surface area contributed by atoms with Gasteiger partial charge in [-0.05, 0) is 38.0 Å². The summed E-state index contributed by atoms with van der Waals surface area (Å²) >= 11 is 0. The maximum Gasteiger partial charge on any atom is 0.391 e. The maximum atomic E-state index is 12.6. The van der Waals surface area contributed by atoms with Crippen molar-refractivity contribution in [2.24, 2.45) is 16.8 Å². The third kappa shape index (κ3) is 5.54. The van der Waals surface area contributed by atoms with E-state index in [-0.39, 0.29) is 36.3 Å². The minimum atomic E-state index is -4.10. The maximum absolute atomic E-state index is 12.6. The van der Waals surface area contributed by atoms with E-state index < -0.39 is 21.9 Å². The van der Waals surface area contributed by atoms with Crippen LogP contribution < -0.4 is 10.6 Å². The van der Waals surface area contributed by atoms with Crippen LogP contribution in [0.25, 0.3) is 0 Å². The van der Waals surface area contributed by atoms with Crippen molar-refractivity contribution < 1.29 is 21.6 Å². The number of alkyl halides is 3. The third-order valence-electron chi connectivity index (χ3n) is 4.64. The Hall–Kier alpha value is -0.990. The van der Waals surface area contributed by atoms with Crippen molar-refractivity contribution in [2.75, 3.05) is 25.1 Å². The van der Waals surface area contributed by atoms with Crippen LogP contribution in [0.4, 0.5) is 13.2 Å². The molecule has 1 aliphatic carbocycles. The van der Waals surface area contributed by atoms with Crippen molar-refractivity contribution in [2.45, 2.75) is 44.3 Å². The van der Waals surface area contributed by atoms with E-state index in [1.54, 1.807) is 7.05 Å². The average molecular weight is 355 g/mol. The summed E-state index contributed by atoms with van der Waals surface area (Å²) in [6.07, 6.45) is -2.26. The molecule has 0 aromatic rings. The first-order valence-electron chi connectivity index (χ1n) is 7.94. The number of nitrogens with one attached hydrogen (secondary N) is 2. The van der Waals surface area contributed by atoms with Crippen molar-refractivity contribution in [3.63, 3.8) is 0 Å². The number of hydrogen-bond donors (Lipinski definition) is 2. The summed E-state index contributed by atoms with van der Waals surface area (Å²) in [4.78, 5) is 4.07. The van der Waals surface area contributed by atoms with E-state index in [1.165, 1.54) is 0 Å². The molecular weight excluding hydrogens is 331 g/mol. The first-order chi connectivity index (χ1) is 10.7. The molecule has 0 amide bonds. The smallest absolute Gasteiger partial charge is 0.356 e. The molecule has 1 heterocycles. The molecule has 5 nitrogen and oxygen atoms in total. The molecule has 1 atom stereocenters. The predicted molar refractivity (Wildman–Crippen MR) is 83.1 cm³/mol. The van der Waals surface area contributed by atoms with Gasteiger partial charge in [-0.2, -0.15) is 13.2 Å². The van der Waals surface area contributed by atoms with Crippen LogP contribution >= 0.6 is 0 Å². The quantitative estimate of drug-likeness (QED) is 0.597. The Morgan fingerprint density at radius 2 is 1.83 bits per heavy atom. The van der Waals surface area contributed by atoms with Crippen LogP contribution in [-0.4, -0.2) is 51.7 Å². The summed E-state index contributed by atoms with van der Waals surface area (Å²) in [5.74, 6) is -0.177. The number of sulfone groups is 1. The summed E-state index contributed by atoms with van der Waals surface area (Å²) < 4.78 is 60.8. The zero-order chi connectivity index (χ0) is 17.1. The number of guanidine groups is 1. The molecule has 1 aliphatic heterocycles. The van der Waals surface area contributed by atoms with E-state index in [2.05, 4.69) is 15.6 Å². The van der Waals surface area contributed by atoms with Gasteiger partial charge in [-0.1, -0.05) is 0 Å². The van der Waals surface area contributed by atoms with E-state index >= 15 is 0 Å². The summed E-state index contributed by atoms with van der Waals surface area (Å²) in [6.45, 7) is 0.511. The van der Waals surface area contributed by atoms with Crippen LogP contribution in [0.15, 0.2) is 4.99 Å². The van der Waals surface area contributed by atoms with Crippen LogP contribution in [0.3, 0.4) is 0 Å². The van der Waals surface area contributed by atoms with Crippen molar-refractivity contribution >= 4 is 15.8 Å². The number of hydrogen-bond acceptors (Lipinski definition) is 3. The monoisotopic (exact) mass is 355 g/mol. The van der Waals surface area contributed by atoms with E-state index in [0.29, 0.717) is 31.8 Å². The van der Waals surface area contributed by atoms with Crippen LogP contribution in [0.2, 0.25) is 0 Å². The SMILES string of the molecule is CN=C(NCC1CCS(=O)(=O)C1)NC1CCC(C(F)(F)F)CC1. The number of nitrogens with zero attached hydrogens (tertiary/aromatic N) is 1. The third-order valence-corrected chi connectivity index (χ3v) is 6.48. The van der Waals surface area contributed by atoms with Gasteiger partial charge in [-0.3, -0.25) is 4.99 Å². The second-order valence-corrected chi connectivity index (χ2v) is 8.69. The van der Waals surface area contributed by atoms with Crippen molar-refractivity contribution in [3.8, 4) is 0 Å². The summed E-state index contributed by atoms with van der Waals surface area (Å²) in [6, 6.07) is -0.0212. The molecule has 2 aliphatic rings. The number of rotatable bonds is 3. The van der Waals surface area contributed by atoms with Crippen LogP contribution in [-0.2, 0) is 9.84 Å². The fraction of sp³-hybridized carbons (Fsp3) is 0.929. The summed E-state index contributed by atoms with van der Waals surface area (Å²) in [5, 5.41) is 6.23. The Morgan fingerprint density at radius 1 is 1.17 bits per heavy atom. The fourth-order valence-corrected chi connectivity index (χ4v) is 5.09. The van der Waals surface area contributed by atoms with Gasteiger partial charge in [0, 0.05) is 19.6 Å². The zero-order valence-corrected chi connectivity index (χ0v) is 14.0. The highest BCUT2D eigenvalue weighted by molar-refractivity contribution is 7.91. The predicted octanol–water partition coefficient (Wildman–Crippen LogP) is 1.71. The highest BCUT2D eigenvalue weighted by atomic mass is 32.2. The zero-order valence-electron chi connectivity index (χ0n) is 13.2.